The number of aliphatic hydroxyl groups excluding tert-OH is 3. The van der Waals surface area contributed by atoms with E-state index in [0.29, 0.717) is 0 Å². The molecule has 7 N–H and O–H groups in total. The summed E-state index contributed by atoms with van der Waals surface area (Å²) in [5.41, 5.74) is 6.58. The highest BCUT2D eigenvalue weighted by Gasteiger charge is 2.48. The summed E-state index contributed by atoms with van der Waals surface area (Å²) in [6.45, 7) is -1.19. The van der Waals surface area contributed by atoms with Crippen molar-refractivity contribution in [3.05, 3.63) is 11.6 Å². The van der Waals surface area contributed by atoms with Gasteiger partial charge in [0, 0.05) is 0 Å². The molecule has 2 unspecified atom stereocenters. The zero-order valence-electron chi connectivity index (χ0n) is 17.8. The number of hydrogen-bond acceptors (Lipinski definition) is 12. The smallest absolute Gasteiger partial charge is 0.389 e. The van der Waals surface area contributed by atoms with Gasteiger partial charge in [0.15, 0.2) is 11.7 Å². The average molecular weight is 559 g/mol. The van der Waals surface area contributed by atoms with Crippen LogP contribution < -0.4 is 10.3 Å². The van der Waals surface area contributed by atoms with Crippen molar-refractivity contribution in [3.63, 3.8) is 0 Å². The van der Waals surface area contributed by atoms with Gasteiger partial charge in [0.2, 0.25) is 17.3 Å². The lowest BCUT2D eigenvalue weighted by molar-refractivity contribution is -0.716. The molecule has 0 amide bonds. The van der Waals surface area contributed by atoms with Gasteiger partial charge in [-0.1, -0.05) is 4.98 Å². The summed E-state index contributed by atoms with van der Waals surface area (Å²) in [5, 5.41) is 31.4. The first-order chi connectivity index (χ1) is 16.4. The Kier molecular flexibility index (Phi) is 6.49. The second-order valence-corrected chi connectivity index (χ2v) is 12.0. The molecule has 0 radical (unpaired) electrons. The van der Waals surface area contributed by atoms with Crippen LogP contribution in [0.15, 0.2) is 6.33 Å². The van der Waals surface area contributed by atoms with Crippen LogP contribution in [0.25, 0.3) is 11.2 Å². The molecule has 194 valence electrons. The van der Waals surface area contributed by atoms with Gasteiger partial charge in [0.05, 0.1) is 19.3 Å². The maximum Gasteiger partial charge on any atom is 0.481 e. The molecule has 5 heterocycles. The molecular weight excluding hydrogens is 536 g/mol. The number of fused-ring (bicyclic) bond motifs is 7. The van der Waals surface area contributed by atoms with Crippen LogP contribution in [0.3, 0.4) is 0 Å². The quantitative estimate of drug-likeness (QED) is 0.131. The van der Waals surface area contributed by atoms with Crippen molar-refractivity contribution >= 4 is 44.2 Å². The number of phosphoric ester groups is 2. The Bertz CT molecular complexity index is 1250. The van der Waals surface area contributed by atoms with Crippen LogP contribution in [-0.4, -0.2) is 77.3 Å². The Morgan fingerprint density at radius 3 is 2.51 bits per heavy atom. The van der Waals surface area contributed by atoms with Crippen molar-refractivity contribution < 1.29 is 56.9 Å². The van der Waals surface area contributed by atoms with E-state index < -0.39 is 64.9 Å². The number of aliphatic hydroxyl groups is 3. The highest BCUT2D eigenvalue weighted by molar-refractivity contribution is 7.61. The topological polar surface area (TPSA) is 233 Å². The van der Waals surface area contributed by atoms with Crippen LogP contribution in [-0.2, 0) is 27.2 Å². The molecule has 2 aromatic rings. The highest BCUT2D eigenvalue weighted by Crippen LogP contribution is 2.61. The Morgan fingerprint density at radius 2 is 1.80 bits per heavy atom. The third-order valence-electron chi connectivity index (χ3n) is 6.29. The maximum absolute atomic E-state index is 12.2. The van der Waals surface area contributed by atoms with E-state index in [4.69, 9.17) is 31.1 Å². The molecule has 16 nitrogen and oxygen atoms in total. The third kappa shape index (κ3) is 4.63. The lowest BCUT2D eigenvalue weighted by Gasteiger charge is -2.20. The number of ether oxygens (including phenoxy) is 1. The molecule has 0 aromatic carbocycles. The van der Waals surface area contributed by atoms with E-state index in [0.717, 1.165) is 0 Å². The summed E-state index contributed by atoms with van der Waals surface area (Å²) in [4.78, 5) is 28.3. The molecule has 9 atom stereocenters. The van der Waals surface area contributed by atoms with Crippen molar-refractivity contribution in [2.45, 2.75) is 49.5 Å². The molecule has 8 bridgehead atoms. The molecule has 0 spiro atoms. The summed E-state index contributed by atoms with van der Waals surface area (Å²) in [7, 11) is -10.2. The molecule has 4 aliphatic rings. The van der Waals surface area contributed by atoms with Crippen LogP contribution in [0.2, 0.25) is 5.28 Å². The zero-order chi connectivity index (χ0) is 25.3. The molecule has 35 heavy (non-hydrogen) atoms. The first-order valence-corrected chi connectivity index (χ1v) is 13.8. The summed E-state index contributed by atoms with van der Waals surface area (Å²) >= 11 is 6.29. The second-order valence-electron chi connectivity index (χ2n) is 8.59. The molecule has 1 saturated heterocycles. The number of rotatable bonds is 0. The van der Waals surface area contributed by atoms with Crippen LogP contribution in [0, 0.1) is 5.92 Å². The van der Waals surface area contributed by atoms with Gasteiger partial charge < -0.3 is 35.6 Å². The number of nitrogen functional groups attached to an aromatic ring is 1. The van der Waals surface area contributed by atoms with Crippen molar-refractivity contribution in [2.75, 3.05) is 18.9 Å². The molecule has 6 rings (SSSR count). The molecule has 1 aliphatic carbocycles. The number of nitrogens with two attached hydrogens (primary N) is 1. The van der Waals surface area contributed by atoms with Crippen LogP contribution in [0.5, 0.6) is 0 Å². The fraction of sp³-hybridized carbons (Fsp3) is 0.688. The molecular formula is C16H23ClN5O11P2+. The second kappa shape index (κ2) is 8.94. The fourth-order valence-corrected chi connectivity index (χ4v) is 7.05. The van der Waals surface area contributed by atoms with Gasteiger partial charge in [0.1, 0.15) is 24.4 Å². The number of anilines is 1. The van der Waals surface area contributed by atoms with E-state index in [1.54, 1.807) is 0 Å². The number of halogens is 1. The molecule has 2 aromatic heterocycles. The minimum Gasteiger partial charge on any atom is -0.389 e. The third-order valence-corrected chi connectivity index (χ3v) is 9.16. The van der Waals surface area contributed by atoms with E-state index in [2.05, 4.69) is 14.3 Å². The predicted octanol–water partition coefficient (Wildman–Crippen LogP) is -0.850. The Hall–Kier alpha value is -1.26. The Labute approximate surface area is 202 Å². The number of phosphoric acid groups is 2. The standard InChI is InChI=1S/C16H22ClN5O11P2/c17-16-20-10-13(18)21-5-19-14(10)22(16)15-12(25)11(24)9(32-15)4-31-35(28,29)33-34(26,27)30-3-6-1-7(21)8(23)2-6/h5-9,11-12,15,18,23-25H,1-4H2,(H2,26,27,28,29)/p+1/t6-,7+,8+,9+,11+,12+,15+/m0/s1. The minimum absolute atomic E-state index is 0.104. The summed E-state index contributed by atoms with van der Waals surface area (Å²) in [6, 6.07) is -0.603. The van der Waals surface area contributed by atoms with E-state index in [-0.39, 0.29) is 41.7 Å². The van der Waals surface area contributed by atoms with Crippen molar-refractivity contribution in [1.29, 1.82) is 0 Å². The van der Waals surface area contributed by atoms with Gasteiger partial charge in [-0.25, -0.2) is 18.7 Å². The SMILES string of the molecule is Nc1c2nc(Cl)n3c2nc[n+]1[C@@H]1C[C@H](COP(=O)(O)OP(=O)(O)OC[C@H]2O[C@@H]3[C@H](O)[C@@H]2O)C[C@H]1O. The minimum atomic E-state index is -5.16. The number of hydrogen-bond donors (Lipinski definition) is 6. The molecule has 2 fully saturated rings. The van der Waals surface area contributed by atoms with Crippen LogP contribution in [0.1, 0.15) is 25.1 Å². The normalized spacial score (nSPS) is 42.5. The largest absolute Gasteiger partial charge is 0.481 e. The van der Waals surface area contributed by atoms with E-state index >= 15 is 0 Å². The number of nitrogens with zero attached hydrogens (tertiary/aromatic N) is 4. The van der Waals surface area contributed by atoms with Gasteiger partial charge in [-0.05, 0) is 30.4 Å². The Balaban J connectivity index is 1.58. The van der Waals surface area contributed by atoms with Gasteiger partial charge >= 0.3 is 15.6 Å². The monoisotopic (exact) mass is 558 g/mol. The van der Waals surface area contributed by atoms with Crippen LogP contribution >= 0.6 is 27.2 Å². The molecule has 3 aliphatic heterocycles. The lowest BCUT2D eigenvalue weighted by atomic mass is 10.1. The predicted molar refractivity (Wildman–Crippen MR) is 113 cm³/mol. The average Bonchev–Trinajstić information content (AvgIpc) is 3.39. The Morgan fingerprint density at radius 1 is 1.11 bits per heavy atom. The van der Waals surface area contributed by atoms with E-state index in [1.807, 2.05) is 0 Å². The highest BCUT2D eigenvalue weighted by atomic mass is 35.5. The van der Waals surface area contributed by atoms with Gasteiger partial charge in [0.25, 0.3) is 5.82 Å². The van der Waals surface area contributed by atoms with Gasteiger partial charge in [-0.15, -0.1) is 0 Å². The van der Waals surface area contributed by atoms with Gasteiger partial charge in [-0.2, -0.15) is 4.31 Å². The van der Waals surface area contributed by atoms with Crippen molar-refractivity contribution in [2.24, 2.45) is 5.92 Å². The number of imidazole rings is 1. The van der Waals surface area contributed by atoms with Crippen LogP contribution in [0.4, 0.5) is 5.82 Å². The van der Waals surface area contributed by atoms with Crippen molar-refractivity contribution in [3.8, 4) is 0 Å². The number of aromatic nitrogens is 4. The summed E-state index contributed by atoms with van der Waals surface area (Å²) < 4.78 is 46.6. The molecule has 1 saturated carbocycles. The molecule has 19 heteroatoms. The fourth-order valence-electron chi connectivity index (χ4n) is 4.64. The zero-order valence-corrected chi connectivity index (χ0v) is 20.3. The maximum atomic E-state index is 12.2. The van der Waals surface area contributed by atoms with E-state index in [1.165, 1.54) is 15.5 Å². The lowest BCUT2D eigenvalue weighted by Crippen LogP contribution is -2.46. The van der Waals surface area contributed by atoms with Gasteiger partial charge in [-0.3, -0.25) is 13.6 Å². The first-order valence-electron chi connectivity index (χ1n) is 10.5. The summed E-state index contributed by atoms with van der Waals surface area (Å²) in [5.74, 6) is -0.331. The van der Waals surface area contributed by atoms with Crippen molar-refractivity contribution in [1.82, 2.24) is 14.5 Å². The summed E-state index contributed by atoms with van der Waals surface area (Å²) in [6.07, 6.45) is -5.09. The van der Waals surface area contributed by atoms with E-state index in [9.17, 15) is 34.2 Å². The first kappa shape index (κ1) is 25.4.